The number of nitrogens with one attached hydrogen (secondary N) is 1. The van der Waals surface area contributed by atoms with Gasteiger partial charge in [-0.25, -0.2) is 0 Å². The first-order chi connectivity index (χ1) is 8.75. The van der Waals surface area contributed by atoms with Gasteiger partial charge in [0, 0.05) is 6.54 Å². The summed E-state index contributed by atoms with van der Waals surface area (Å²) in [6, 6.07) is 11.3. The molecule has 0 saturated heterocycles. The van der Waals surface area contributed by atoms with Crippen molar-refractivity contribution in [3.8, 4) is 0 Å². The highest BCUT2D eigenvalue weighted by Gasteiger charge is 2.05. The smallest absolute Gasteiger partial charge is 0.307 e. The summed E-state index contributed by atoms with van der Waals surface area (Å²) in [5.74, 6) is 0.0548. The maximum absolute atomic E-state index is 10.7. The van der Waals surface area contributed by atoms with Crippen LogP contribution in [0.5, 0.6) is 0 Å². The van der Waals surface area contributed by atoms with Crippen LogP contribution in [0, 0.1) is 0 Å². The van der Waals surface area contributed by atoms with Gasteiger partial charge in [0.25, 0.3) is 0 Å². The van der Waals surface area contributed by atoms with Crippen molar-refractivity contribution in [2.75, 3.05) is 0 Å². The first-order valence-corrected chi connectivity index (χ1v) is 5.77. The average Bonchev–Trinajstić information content (AvgIpc) is 2.84. The molecular formula is C14H15NO3. The minimum absolute atomic E-state index is 0.0542. The lowest BCUT2D eigenvalue weighted by molar-refractivity contribution is -0.136. The summed E-state index contributed by atoms with van der Waals surface area (Å²) in [6.45, 7) is 1.26. The van der Waals surface area contributed by atoms with Crippen molar-refractivity contribution in [1.29, 1.82) is 0 Å². The molecule has 0 unspecified atom stereocenters. The summed E-state index contributed by atoms with van der Waals surface area (Å²) in [7, 11) is 0. The molecule has 2 N–H and O–H groups in total. The van der Waals surface area contributed by atoms with E-state index in [-0.39, 0.29) is 6.42 Å². The summed E-state index contributed by atoms with van der Waals surface area (Å²) >= 11 is 0. The second-order valence-corrected chi connectivity index (χ2v) is 4.02. The van der Waals surface area contributed by atoms with Crippen molar-refractivity contribution in [2.45, 2.75) is 19.5 Å². The van der Waals surface area contributed by atoms with Crippen LogP contribution in [0.25, 0.3) is 0 Å². The molecule has 0 saturated carbocycles. The highest BCUT2D eigenvalue weighted by atomic mass is 16.4. The summed E-state index contributed by atoms with van der Waals surface area (Å²) in [4.78, 5) is 10.7. The van der Waals surface area contributed by atoms with Gasteiger partial charge in [0.1, 0.15) is 5.76 Å². The fraction of sp³-hybridized carbons (Fsp3) is 0.214. The molecule has 2 rings (SSSR count). The largest absolute Gasteiger partial charge is 0.481 e. The molecule has 0 bridgehead atoms. The molecule has 1 heterocycles. The lowest BCUT2D eigenvalue weighted by atomic mass is 10.0. The van der Waals surface area contributed by atoms with E-state index in [1.54, 1.807) is 6.26 Å². The molecule has 4 heteroatoms. The monoisotopic (exact) mass is 245 g/mol. The molecule has 0 radical (unpaired) electrons. The van der Waals surface area contributed by atoms with Gasteiger partial charge < -0.3 is 14.8 Å². The minimum Gasteiger partial charge on any atom is -0.481 e. The number of rotatable bonds is 6. The van der Waals surface area contributed by atoms with Crippen LogP contribution in [0.15, 0.2) is 47.1 Å². The van der Waals surface area contributed by atoms with Gasteiger partial charge in [-0.3, -0.25) is 4.79 Å². The molecule has 0 amide bonds. The SMILES string of the molecule is O=C(O)Cc1ccccc1CNCc1ccco1. The van der Waals surface area contributed by atoms with E-state index in [0.29, 0.717) is 13.1 Å². The molecule has 18 heavy (non-hydrogen) atoms. The number of benzene rings is 1. The van der Waals surface area contributed by atoms with Crippen molar-refractivity contribution in [2.24, 2.45) is 0 Å². The Morgan fingerprint density at radius 2 is 1.89 bits per heavy atom. The molecule has 0 aliphatic rings. The van der Waals surface area contributed by atoms with E-state index in [4.69, 9.17) is 9.52 Å². The quantitative estimate of drug-likeness (QED) is 0.819. The van der Waals surface area contributed by atoms with Gasteiger partial charge in [-0.2, -0.15) is 0 Å². The zero-order valence-electron chi connectivity index (χ0n) is 9.93. The van der Waals surface area contributed by atoms with Gasteiger partial charge in [-0.05, 0) is 23.3 Å². The number of aliphatic carboxylic acids is 1. The number of hydrogen-bond donors (Lipinski definition) is 2. The number of carboxylic acids is 1. The lowest BCUT2D eigenvalue weighted by Crippen LogP contribution is -2.14. The standard InChI is InChI=1S/C14H15NO3/c16-14(17)8-11-4-1-2-5-12(11)9-15-10-13-6-3-7-18-13/h1-7,15H,8-10H2,(H,16,17). The Morgan fingerprint density at radius 1 is 1.11 bits per heavy atom. The molecule has 0 spiro atoms. The Balaban J connectivity index is 1.94. The molecule has 0 atom stereocenters. The zero-order chi connectivity index (χ0) is 12.8. The third kappa shape index (κ3) is 3.46. The zero-order valence-corrected chi connectivity index (χ0v) is 9.93. The highest BCUT2D eigenvalue weighted by molar-refractivity contribution is 5.70. The topological polar surface area (TPSA) is 62.5 Å². The number of carboxylic acid groups (broad SMARTS) is 1. The maximum atomic E-state index is 10.7. The number of carbonyl (C=O) groups is 1. The second-order valence-electron chi connectivity index (χ2n) is 4.02. The summed E-state index contributed by atoms with van der Waals surface area (Å²) < 4.78 is 5.21. The van der Waals surface area contributed by atoms with E-state index in [1.165, 1.54) is 0 Å². The van der Waals surface area contributed by atoms with Crippen molar-refractivity contribution < 1.29 is 14.3 Å². The third-order valence-electron chi connectivity index (χ3n) is 2.65. The molecule has 1 aromatic heterocycles. The average molecular weight is 245 g/mol. The van der Waals surface area contributed by atoms with Gasteiger partial charge in [-0.15, -0.1) is 0 Å². The number of furan rings is 1. The van der Waals surface area contributed by atoms with Crippen molar-refractivity contribution in [1.82, 2.24) is 5.32 Å². The van der Waals surface area contributed by atoms with Gasteiger partial charge in [0.2, 0.25) is 0 Å². The van der Waals surface area contributed by atoms with E-state index < -0.39 is 5.97 Å². The van der Waals surface area contributed by atoms with Gasteiger partial charge in [-0.1, -0.05) is 24.3 Å². The van der Waals surface area contributed by atoms with Crippen LogP contribution in [0.1, 0.15) is 16.9 Å². The van der Waals surface area contributed by atoms with Crippen LogP contribution in [0.3, 0.4) is 0 Å². The number of hydrogen-bond acceptors (Lipinski definition) is 3. The van der Waals surface area contributed by atoms with Crippen LogP contribution in [0.4, 0.5) is 0 Å². The van der Waals surface area contributed by atoms with Gasteiger partial charge in [0.05, 0.1) is 19.2 Å². The van der Waals surface area contributed by atoms with Gasteiger partial charge >= 0.3 is 5.97 Å². The van der Waals surface area contributed by atoms with E-state index in [9.17, 15) is 4.79 Å². The molecule has 0 aliphatic carbocycles. The highest BCUT2D eigenvalue weighted by Crippen LogP contribution is 2.10. The summed E-state index contributed by atoms with van der Waals surface area (Å²) in [6.07, 6.45) is 1.69. The molecule has 94 valence electrons. The molecule has 2 aromatic rings. The first-order valence-electron chi connectivity index (χ1n) is 5.77. The van der Waals surface area contributed by atoms with Gasteiger partial charge in [0.15, 0.2) is 0 Å². The first kappa shape index (κ1) is 12.4. The Labute approximate surface area is 105 Å². The molecular weight excluding hydrogens is 230 g/mol. The third-order valence-corrected chi connectivity index (χ3v) is 2.65. The Morgan fingerprint density at radius 3 is 2.56 bits per heavy atom. The Bertz CT molecular complexity index is 506. The molecule has 4 nitrogen and oxygen atoms in total. The molecule has 1 aromatic carbocycles. The van der Waals surface area contributed by atoms with Crippen LogP contribution >= 0.6 is 0 Å². The van der Waals surface area contributed by atoms with Crippen LogP contribution < -0.4 is 5.32 Å². The second kappa shape index (κ2) is 6.02. The normalized spacial score (nSPS) is 10.4. The minimum atomic E-state index is -0.812. The fourth-order valence-electron chi connectivity index (χ4n) is 1.80. The predicted molar refractivity (Wildman–Crippen MR) is 67.0 cm³/mol. The van der Waals surface area contributed by atoms with E-state index in [0.717, 1.165) is 16.9 Å². The van der Waals surface area contributed by atoms with E-state index in [1.807, 2.05) is 36.4 Å². The van der Waals surface area contributed by atoms with Crippen LogP contribution in [0.2, 0.25) is 0 Å². The Kier molecular flexibility index (Phi) is 4.15. The van der Waals surface area contributed by atoms with E-state index >= 15 is 0 Å². The molecule has 0 aliphatic heterocycles. The Hall–Kier alpha value is -2.07. The van der Waals surface area contributed by atoms with Crippen molar-refractivity contribution in [3.05, 3.63) is 59.5 Å². The molecule has 0 fully saturated rings. The van der Waals surface area contributed by atoms with Crippen LogP contribution in [-0.4, -0.2) is 11.1 Å². The van der Waals surface area contributed by atoms with Crippen molar-refractivity contribution in [3.63, 3.8) is 0 Å². The lowest BCUT2D eigenvalue weighted by Gasteiger charge is -2.08. The maximum Gasteiger partial charge on any atom is 0.307 e. The fourth-order valence-corrected chi connectivity index (χ4v) is 1.80. The summed E-state index contributed by atoms with van der Waals surface area (Å²) in [5, 5.41) is 12.1. The van der Waals surface area contributed by atoms with Crippen molar-refractivity contribution >= 4 is 5.97 Å². The van der Waals surface area contributed by atoms with Crippen LogP contribution in [-0.2, 0) is 24.3 Å². The summed E-state index contributed by atoms with van der Waals surface area (Å²) in [5.41, 5.74) is 1.85. The predicted octanol–water partition coefficient (Wildman–Crippen LogP) is 2.20. The van der Waals surface area contributed by atoms with E-state index in [2.05, 4.69) is 5.32 Å².